The second-order valence-corrected chi connectivity index (χ2v) is 7.82. The summed E-state index contributed by atoms with van der Waals surface area (Å²) < 4.78 is 19.0. The van der Waals surface area contributed by atoms with E-state index in [1.54, 1.807) is 30.3 Å². The van der Waals surface area contributed by atoms with Crippen LogP contribution in [-0.2, 0) is 11.2 Å². The van der Waals surface area contributed by atoms with E-state index in [9.17, 15) is 14.4 Å². The van der Waals surface area contributed by atoms with Crippen molar-refractivity contribution >= 4 is 29.3 Å². The predicted molar refractivity (Wildman–Crippen MR) is 125 cm³/mol. The molecule has 0 saturated carbocycles. The molecule has 0 aromatic heterocycles. The molecule has 0 unspecified atom stereocenters. The topological polar surface area (TPSA) is 62.1 Å². The molecule has 1 amide bonds. The van der Waals surface area contributed by atoms with Gasteiger partial charge in [0.15, 0.2) is 0 Å². The second kappa shape index (κ2) is 10.1. The molecule has 3 rings (SSSR count). The summed E-state index contributed by atoms with van der Waals surface area (Å²) in [4.78, 5) is 12.6. The highest BCUT2D eigenvalue weighted by Crippen LogP contribution is 2.32. The summed E-state index contributed by atoms with van der Waals surface area (Å²) in [5, 5.41) is 12.7. The molecule has 6 heteroatoms. The number of rotatable bonds is 6. The highest BCUT2D eigenvalue weighted by Gasteiger charge is 2.14. The molecule has 3 aromatic rings. The molecule has 0 aliphatic heterocycles. The summed E-state index contributed by atoms with van der Waals surface area (Å²) in [6.07, 6.45) is 1.83. The average Bonchev–Trinajstić information content (AvgIpc) is 2.76. The van der Waals surface area contributed by atoms with Crippen molar-refractivity contribution in [1.29, 1.82) is 5.26 Å². The number of hydrogen-bond acceptors (Lipinski definition) is 3. The molecule has 4 nitrogen and oxygen atoms in total. The third-order valence-corrected chi connectivity index (χ3v) is 5.44. The van der Waals surface area contributed by atoms with E-state index in [0.29, 0.717) is 34.0 Å². The van der Waals surface area contributed by atoms with Crippen LogP contribution in [0.5, 0.6) is 5.75 Å². The lowest BCUT2D eigenvalue weighted by molar-refractivity contribution is -0.112. The third kappa shape index (κ3) is 5.54. The predicted octanol–water partition coefficient (Wildman–Crippen LogP) is 6.24. The zero-order valence-electron chi connectivity index (χ0n) is 18.0. The van der Waals surface area contributed by atoms with Crippen molar-refractivity contribution in [2.24, 2.45) is 0 Å². The molecule has 0 aliphatic rings. The van der Waals surface area contributed by atoms with Gasteiger partial charge in [0.25, 0.3) is 5.91 Å². The first-order valence-electron chi connectivity index (χ1n) is 9.92. The van der Waals surface area contributed by atoms with Crippen molar-refractivity contribution in [3.8, 4) is 11.8 Å². The number of carbonyl (C=O) groups excluding carboxylic acids is 1. The molecule has 0 atom stereocenters. The zero-order chi connectivity index (χ0) is 23.3. The molecule has 32 heavy (non-hydrogen) atoms. The van der Waals surface area contributed by atoms with Gasteiger partial charge in [-0.3, -0.25) is 4.79 Å². The van der Waals surface area contributed by atoms with E-state index in [1.165, 1.54) is 25.3 Å². The number of nitrogens with one attached hydrogen (secondary N) is 1. The maximum atomic E-state index is 13.5. The van der Waals surface area contributed by atoms with Crippen molar-refractivity contribution in [3.63, 3.8) is 0 Å². The van der Waals surface area contributed by atoms with Gasteiger partial charge in [-0.15, -0.1) is 0 Å². The smallest absolute Gasteiger partial charge is 0.266 e. The number of ether oxygens (including phenoxy) is 1. The number of halogens is 2. The number of anilines is 1. The van der Waals surface area contributed by atoms with E-state index in [1.807, 2.05) is 32.0 Å². The molecule has 0 saturated heterocycles. The van der Waals surface area contributed by atoms with Crippen LogP contribution < -0.4 is 10.1 Å². The van der Waals surface area contributed by atoms with E-state index in [-0.39, 0.29) is 11.4 Å². The lowest BCUT2D eigenvalue weighted by Gasteiger charge is -2.13. The van der Waals surface area contributed by atoms with Crippen LogP contribution >= 0.6 is 11.6 Å². The zero-order valence-corrected chi connectivity index (χ0v) is 18.8. The number of nitrogens with zero attached hydrogens (tertiary/aromatic N) is 1. The molecule has 0 aliphatic carbocycles. The Balaban J connectivity index is 1.88. The molecule has 0 fully saturated rings. The molecule has 0 spiro atoms. The first-order chi connectivity index (χ1) is 15.3. The van der Waals surface area contributed by atoms with Crippen LogP contribution in [0.15, 0.2) is 60.2 Å². The van der Waals surface area contributed by atoms with Gasteiger partial charge in [-0.2, -0.15) is 5.26 Å². The molecule has 0 heterocycles. The monoisotopic (exact) mass is 448 g/mol. The molecule has 0 bridgehead atoms. The fourth-order valence-electron chi connectivity index (χ4n) is 3.25. The van der Waals surface area contributed by atoms with Gasteiger partial charge >= 0.3 is 0 Å². The van der Waals surface area contributed by atoms with Crippen LogP contribution in [-0.4, -0.2) is 13.0 Å². The minimum Gasteiger partial charge on any atom is -0.496 e. The van der Waals surface area contributed by atoms with Crippen LogP contribution in [0.1, 0.15) is 27.8 Å². The third-order valence-electron chi connectivity index (χ3n) is 5.11. The quantitative estimate of drug-likeness (QED) is 0.358. The molecule has 162 valence electrons. The Morgan fingerprint density at radius 3 is 2.59 bits per heavy atom. The van der Waals surface area contributed by atoms with E-state index in [4.69, 9.17) is 16.3 Å². The minimum absolute atomic E-state index is 0.0702. The fourth-order valence-corrected chi connectivity index (χ4v) is 3.54. The van der Waals surface area contributed by atoms with Gasteiger partial charge in [-0.05, 0) is 78.6 Å². The number of nitriles is 1. The van der Waals surface area contributed by atoms with Crippen molar-refractivity contribution in [2.45, 2.75) is 20.3 Å². The summed E-state index contributed by atoms with van der Waals surface area (Å²) in [6.45, 7) is 3.93. The van der Waals surface area contributed by atoms with Gasteiger partial charge in [0.05, 0.1) is 7.11 Å². The van der Waals surface area contributed by atoms with E-state index in [2.05, 4.69) is 5.32 Å². The van der Waals surface area contributed by atoms with Crippen molar-refractivity contribution in [2.75, 3.05) is 12.4 Å². The molecule has 3 aromatic carbocycles. The standard InChI is InChI=1S/C26H22ClFN2O2/c1-16-7-8-22(9-17(16)2)30-26(31)20(15-29)10-19-13-24(27)23(25(14-19)32-3)12-18-5-4-6-21(28)11-18/h4-11,13-14H,12H2,1-3H3,(H,30,31)/b20-10+. The van der Waals surface area contributed by atoms with Crippen LogP contribution in [0.4, 0.5) is 10.1 Å². The van der Waals surface area contributed by atoms with Gasteiger partial charge < -0.3 is 10.1 Å². The van der Waals surface area contributed by atoms with Crippen LogP contribution in [0.3, 0.4) is 0 Å². The first kappa shape index (κ1) is 23.1. The largest absolute Gasteiger partial charge is 0.496 e. The fraction of sp³-hybridized carbons (Fsp3) is 0.154. The highest BCUT2D eigenvalue weighted by molar-refractivity contribution is 6.31. The molecular weight excluding hydrogens is 427 g/mol. The molecule has 0 radical (unpaired) electrons. The summed E-state index contributed by atoms with van der Waals surface area (Å²) in [6, 6.07) is 17.1. The first-order valence-corrected chi connectivity index (χ1v) is 10.3. The van der Waals surface area contributed by atoms with E-state index < -0.39 is 5.91 Å². The number of aryl methyl sites for hydroxylation is 2. The number of benzene rings is 3. The van der Waals surface area contributed by atoms with Crippen LogP contribution in [0, 0.1) is 31.0 Å². The van der Waals surface area contributed by atoms with Gasteiger partial charge in [-0.25, -0.2) is 4.39 Å². The van der Waals surface area contributed by atoms with Gasteiger partial charge in [0.2, 0.25) is 0 Å². The van der Waals surface area contributed by atoms with E-state index in [0.717, 1.165) is 16.7 Å². The van der Waals surface area contributed by atoms with E-state index >= 15 is 0 Å². The summed E-state index contributed by atoms with van der Waals surface area (Å²) in [5.41, 5.74) is 4.67. The number of hydrogen-bond donors (Lipinski definition) is 1. The lowest BCUT2D eigenvalue weighted by Crippen LogP contribution is -2.13. The minimum atomic E-state index is -0.519. The summed E-state index contributed by atoms with van der Waals surface area (Å²) in [5.74, 6) is -0.361. The lowest BCUT2D eigenvalue weighted by atomic mass is 10.0. The molecule has 1 N–H and O–H groups in total. The second-order valence-electron chi connectivity index (χ2n) is 7.41. The Labute approximate surface area is 191 Å². The van der Waals surface area contributed by atoms with Gasteiger partial charge in [-0.1, -0.05) is 29.8 Å². The van der Waals surface area contributed by atoms with Gasteiger partial charge in [0, 0.05) is 22.7 Å². The Bertz CT molecular complexity index is 1250. The van der Waals surface area contributed by atoms with Crippen LogP contribution in [0.25, 0.3) is 6.08 Å². The SMILES string of the molecule is COc1cc(/C=C(\C#N)C(=O)Nc2ccc(C)c(C)c2)cc(Cl)c1Cc1cccc(F)c1. The Hall–Kier alpha value is -3.62. The van der Waals surface area contributed by atoms with Gasteiger partial charge in [0.1, 0.15) is 23.2 Å². The maximum Gasteiger partial charge on any atom is 0.266 e. The Morgan fingerprint density at radius 2 is 1.94 bits per heavy atom. The summed E-state index contributed by atoms with van der Waals surface area (Å²) in [7, 11) is 1.51. The van der Waals surface area contributed by atoms with Crippen molar-refractivity contribution in [1.82, 2.24) is 0 Å². The average molecular weight is 449 g/mol. The van der Waals surface area contributed by atoms with Crippen LogP contribution in [0.2, 0.25) is 5.02 Å². The van der Waals surface area contributed by atoms with Crippen molar-refractivity contribution in [3.05, 3.63) is 98.8 Å². The Kier molecular flexibility index (Phi) is 7.29. The molecular formula is C26H22ClFN2O2. The van der Waals surface area contributed by atoms with Crippen molar-refractivity contribution < 1.29 is 13.9 Å². The number of carbonyl (C=O) groups is 1. The normalized spacial score (nSPS) is 11.1. The summed E-state index contributed by atoms with van der Waals surface area (Å²) >= 11 is 6.48. The number of amides is 1. The highest BCUT2D eigenvalue weighted by atomic mass is 35.5. The maximum absolute atomic E-state index is 13.5. The number of methoxy groups -OCH3 is 1. The Morgan fingerprint density at radius 1 is 1.16 bits per heavy atom.